The normalized spacial score (nSPS) is 31.6. The van der Waals surface area contributed by atoms with Crippen molar-refractivity contribution in [2.24, 2.45) is 17.1 Å². The lowest BCUT2D eigenvalue weighted by Crippen LogP contribution is -2.45. The van der Waals surface area contributed by atoms with Gasteiger partial charge >= 0.3 is 0 Å². The van der Waals surface area contributed by atoms with Crippen molar-refractivity contribution < 1.29 is 18.0 Å². The van der Waals surface area contributed by atoms with Gasteiger partial charge in [-0.2, -0.15) is 0 Å². The molecule has 2 saturated carbocycles. The maximum Gasteiger partial charge on any atom is 0.249 e. The first-order chi connectivity index (χ1) is 7.84. The van der Waals surface area contributed by atoms with E-state index in [4.69, 9.17) is 5.73 Å². The second kappa shape index (κ2) is 3.56. The minimum absolute atomic E-state index is 0.234. The van der Waals surface area contributed by atoms with Crippen LogP contribution in [0.5, 0.6) is 0 Å². The number of sulfonamides is 1. The Hall–Kier alpha value is -1.37. The zero-order valence-corrected chi connectivity index (χ0v) is 10.00. The fourth-order valence-corrected chi connectivity index (χ4v) is 3.27. The second-order valence-electron chi connectivity index (χ2n) is 4.56. The van der Waals surface area contributed by atoms with Gasteiger partial charge in [-0.15, -0.1) is 6.58 Å². The van der Waals surface area contributed by atoms with E-state index in [0.717, 1.165) is 0 Å². The molecule has 2 rings (SSSR count). The van der Waals surface area contributed by atoms with Gasteiger partial charge in [-0.3, -0.25) is 14.3 Å². The molecular formula is C10H14N2O4S. The van der Waals surface area contributed by atoms with Crippen molar-refractivity contribution in [3.63, 3.8) is 0 Å². The molecule has 2 aliphatic carbocycles. The van der Waals surface area contributed by atoms with Crippen molar-refractivity contribution in [3.8, 4) is 0 Å². The average Bonchev–Trinajstić information content (AvgIpc) is 3.10. The largest absolute Gasteiger partial charge is 0.369 e. The van der Waals surface area contributed by atoms with E-state index in [1.54, 1.807) is 0 Å². The van der Waals surface area contributed by atoms with Crippen LogP contribution in [-0.4, -0.2) is 25.5 Å². The molecule has 2 fully saturated rings. The number of nitrogens with two attached hydrogens (primary N) is 1. The third kappa shape index (κ3) is 1.84. The highest BCUT2D eigenvalue weighted by molar-refractivity contribution is 7.90. The van der Waals surface area contributed by atoms with Crippen molar-refractivity contribution in [2.75, 3.05) is 0 Å². The Morgan fingerprint density at radius 2 is 2.00 bits per heavy atom. The zero-order chi connectivity index (χ0) is 12.8. The third-order valence-corrected chi connectivity index (χ3v) is 5.16. The van der Waals surface area contributed by atoms with Gasteiger partial charge in [0.25, 0.3) is 0 Å². The summed E-state index contributed by atoms with van der Waals surface area (Å²) in [7, 11) is -3.64. The van der Waals surface area contributed by atoms with Gasteiger partial charge < -0.3 is 5.73 Å². The number of nitrogens with one attached hydrogen (secondary N) is 1. The lowest BCUT2D eigenvalue weighted by atomic mass is 10.0. The molecule has 0 heterocycles. The molecule has 0 spiro atoms. The molecule has 0 aromatic carbocycles. The Bertz CT molecular complexity index is 494. The van der Waals surface area contributed by atoms with E-state index >= 15 is 0 Å². The maximum atomic E-state index is 11.8. The van der Waals surface area contributed by atoms with Crippen LogP contribution in [0.3, 0.4) is 0 Å². The van der Waals surface area contributed by atoms with Crippen LogP contribution in [0.1, 0.15) is 19.3 Å². The SMILES string of the molecule is C=C[C@@H]1C[C@@]1(C(N)=O)C(=O)NS(=O)(=O)C1CC1. The monoisotopic (exact) mass is 258 g/mol. The molecule has 0 aromatic heterocycles. The number of primary amides is 1. The van der Waals surface area contributed by atoms with Gasteiger partial charge in [-0.1, -0.05) is 6.08 Å². The number of carbonyl (C=O) groups excluding carboxylic acids is 2. The third-order valence-electron chi connectivity index (χ3n) is 3.34. The van der Waals surface area contributed by atoms with Crippen LogP contribution in [0.15, 0.2) is 12.7 Å². The number of hydrogen-bond acceptors (Lipinski definition) is 4. The summed E-state index contributed by atoms with van der Waals surface area (Å²) in [5.74, 6) is -1.98. The summed E-state index contributed by atoms with van der Waals surface area (Å²) in [6.45, 7) is 3.49. The van der Waals surface area contributed by atoms with Crippen LogP contribution in [0.4, 0.5) is 0 Å². The van der Waals surface area contributed by atoms with E-state index in [1.807, 2.05) is 4.72 Å². The standard InChI is InChI=1S/C10H14N2O4S/c1-2-6-5-10(6,8(11)13)9(14)12-17(15,16)7-3-4-7/h2,6-7H,1,3-5H2,(H2,11,13)(H,12,14)/t6-,10-/m1/s1. The summed E-state index contributed by atoms with van der Waals surface area (Å²) in [4.78, 5) is 23.1. The first-order valence-electron chi connectivity index (χ1n) is 5.33. The molecule has 0 bridgehead atoms. The molecule has 94 valence electrons. The van der Waals surface area contributed by atoms with Crippen molar-refractivity contribution in [3.05, 3.63) is 12.7 Å². The summed E-state index contributed by atoms with van der Waals surface area (Å²) in [6, 6.07) is 0. The molecule has 17 heavy (non-hydrogen) atoms. The maximum absolute atomic E-state index is 11.8. The van der Waals surface area contributed by atoms with Crippen LogP contribution in [-0.2, 0) is 19.6 Å². The Labute approximate surface area is 99.3 Å². The van der Waals surface area contributed by atoms with E-state index in [2.05, 4.69) is 6.58 Å². The quantitative estimate of drug-likeness (QED) is 0.501. The predicted molar refractivity (Wildman–Crippen MR) is 60.0 cm³/mol. The summed E-state index contributed by atoms with van der Waals surface area (Å²) in [6.07, 6.45) is 2.79. The van der Waals surface area contributed by atoms with Gasteiger partial charge in [0.2, 0.25) is 21.8 Å². The highest BCUT2D eigenvalue weighted by atomic mass is 32.2. The molecule has 2 atom stereocenters. The minimum Gasteiger partial charge on any atom is -0.369 e. The van der Waals surface area contributed by atoms with E-state index in [-0.39, 0.29) is 12.3 Å². The summed E-state index contributed by atoms with van der Waals surface area (Å²) < 4.78 is 25.1. The highest BCUT2D eigenvalue weighted by Gasteiger charge is 2.64. The zero-order valence-electron chi connectivity index (χ0n) is 9.18. The van der Waals surface area contributed by atoms with Crippen LogP contribution in [0, 0.1) is 11.3 Å². The second-order valence-corrected chi connectivity index (χ2v) is 6.52. The molecular weight excluding hydrogens is 244 g/mol. The van der Waals surface area contributed by atoms with Crippen molar-refractivity contribution in [2.45, 2.75) is 24.5 Å². The van der Waals surface area contributed by atoms with Gasteiger partial charge in [-0.25, -0.2) is 8.42 Å². The van der Waals surface area contributed by atoms with Gasteiger partial charge in [-0.05, 0) is 19.3 Å². The summed E-state index contributed by atoms with van der Waals surface area (Å²) in [5, 5.41) is -0.502. The minimum atomic E-state index is -3.64. The van der Waals surface area contributed by atoms with E-state index < -0.39 is 32.5 Å². The van der Waals surface area contributed by atoms with Crippen LogP contribution < -0.4 is 10.5 Å². The van der Waals surface area contributed by atoms with Gasteiger partial charge in [0.1, 0.15) is 5.41 Å². The van der Waals surface area contributed by atoms with Crippen LogP contribution in [0.2, 0.25) is 0 Å². The Morgan fingerprint density at radius 1 is 1.41 bits per heavy atom. The topological polar surface area (TPSA) is 106 Å². The van der Waals surface area contributed by atoms with Crippen LogP contribution in [0.25, 0.3) is 0 Å². The number of hydrogen-bond donors (Lipinski definition) is 2. The number of amides is 2. The Kier molecular flexibility index (Phi) is 2.53. The van der Waals surface area contributed by atoms with Gasteiger partial charge in [0.15, 0.2) is 0 Å². The lowest BCUT2D eigenvalue weighted by Gasteiger charge is -2.12. The summed E-state index contributed by atoms with van der Waals surface area (Å²) >= 11 is 0. The predicted octanol–water partition coefficient (Wildman–Crippen LogP) is -0.728. The van der Waals surface area contributed by atoms with E-state index in [9.17, 15) is 18.0 Å². The van der Waals surface area contributed by atoms with Gasteiger partial charge in [0, 0.05) is 5.92 Å². The molecule has 0 aliphatic heterocycles. The first kappa shape index (κ1) is 12.1. The highest BCUT2D eigenvalue weighted by Crippen LogP contribution is 2.53. The molecule has 6 nitrogen and oxygen atoms in total. The molecule has 2 amide bonds. The fourth-order valence-electron chi connectivity index (χ4n) is 1.91. The molecule has 7 heteroatoms. The summed E-state index contributed by atoms with van der Waals surface area (Å²) in [5.41, 5.74) is 3.75. The number of allylic oxidation sites excluding steroid dienone is 1. The molecule has 0 saturated heterocycles. The average molecular weight is 258 g/mol. The van der Waals surface area contributed by atoms with E-state index in [0.29, 0.717) is 12.8 Å². The lowest BCUT2D eigenvalue weighted by molar-refractivity contribution is -0.134. The van der Waals surface area contributed by atoms with E-state index in [1.165, 1.54) is 6.08 Å². The fraction of sp³-hybridized carbons (Fsp3) is 0.600. The molecule has 0 radical (unpaired) electrons. The van der Waals surface area contributed by atoms with Crippen LogP contribution >= 0.6 is 0 Å². The molecule has 0 aromatic rings. The smallest absolute Gasteiger partial charge is 0.249 e. The van der Waals surface area contributed by atoms with Crippen molar-refractivity contribution in [1.29, 1.82) is 0 Å². The van der Waals surface area contributed by atoms with Crippen molar-refractivity contribution in [1.82, 2.24) is 4.72 Å². The first-order valence-corrected chi connectivity index (χ1v) is 6.87. The van der Waals surface area contributed by atoms with Gasteiger partial charge in [0.05, 0.1) is 5.25 Å². The Balaban J connectivity index is 2.15. The molecule has 2 aliphatic rings. The van der Waals surface area contributed by atoms with Crippen molar-refractivity contribution >= 4 is 21.8 Å². The number of carbonyl (C=O) groups is 2. The molecule has 3 N–H and O–H groups in total. The molecule has 0 unspecified atom stereocenters. The Morgan fingerprint density at radius 3 is 2.35 bits per heavy atom. The number of rotatable bonds is 5.